The van der Waals surface area contributed by atoms with Crippen LogP contribution < -0.4 is 10.5 Å². The average molecular weight is 340 g/mol. The minimum Gasteiger partial charge on any atom is -0.490 e. The van der Waals surface area contributed by atoms with Gasteiger partial charge in [-0.15, -0.1) is 0 Å². The standard InChI is InChI=1S/C16H22BrNO2/c17-15-13(18)5-4-6-14(15)19-11-12-7-10-16(20-12)8-2-1-3-9-16/h4-6,12H,1-3,7-11,18H2. The smallest absolute Gasteiger partial charge is 0.135 e. The summed E-state index contributed by atoms with van der Waals surface area (Å²) >= 11 is 3.47. The average Bonchev–Trinajstić information content (AvgIpc) is 2.84. The first kappa shape index (κ1) is 14.2. The normalized spacial score (nSPS) is 24.9. The second-order valence-corrected chi connectivity index (χ2v) is 6.79. The van der Waals surface area contributed by atoms with Crippen molar-refractivity contribution in [2.45, 2.75) is 56.7 Å². The molecule has 1 aromatic rings. The molecule has 0 bridgehead atoms. The topological polar surface area (TPSA) is 44.5 Å². The molecule has 1 saturated carbocycles. The summed E-state index contributed by atoms with van der Waals surface area (Å²) < 4.78 is 13.0. The van der Waals surface area contributed by atoms with Gasteiger partial charge < -0.3 is 15.2 Å². The Bertz CT molecular complexity index is 472. The van der Waals surface area contributed by atoms with Crippen molar-refractivity contribution in [3.8, 4) is 5.75 Å². The minimum absolute atomic E-state index is 0.166. The Balaban J connectivity index is 1.56. The van der Waals surface area contributed by atoms with E-state index in [9.17, 15) is 0 Å². The van der Waals surface area contributed by atoms with E-state index in [1.807, 2.05) is 18.2 Å². The van der Waals surface area contributed by atoms with Crippen LogP contribution in [0.1, 0.15) is 44.9 Å². The predicted molar refractivity (Wildman–Crippen MR) is 84.0 cm³/mol. The van der Waals surface area contributed by atoms with Crippen LogP contribution >= 0.6 is 15.9 Å². The number of benzene rings is 1. The number of anilines is 1. The van der Waals surface area contributed by atoms with Gasteiger partial charge in [0.05, 0.1) is 16.2 Å². The maximum Gasteiger partial charge on any atom is 0.135 e. The van der Waals surface area contributed by atoms with Crippen LogP contribution in [0.2, 0.25) is 0 Å². The predicted octanol–water partition coefficient (Wildman–Crippen LogP) is 4.29. The van der Waals surface area contributed by atoms with Gasteiger partial charge in [-0.25, -0.2) is 0 Å². The Kier molecular flexibility index (Phi) is 4.22. The van der Waals surface area contributed by atoms with Crippen molar-refractivity contribution in [2.75, 3.05) is 12.3 Å². The van der Waals surface area contributed by atoms with Crippen molar-refractivity contribution in [1.29, 1.82) is 0 Å². The molecule has 2 N–H and O–H groups in total. The number of hydrogen-bond acceptors (Lipinski definition) is 3. The van der Waals surface area contributed by atoms with Crippen LogP contribution in [0.5, 0.6) is 5.75 Å². The molecule has 2 aliphatic rings. The first-order chi connectivity index (χ1) is 9.69. The molecule has 110 valence electrons. The van der Waals surface area contributed by atoms with Gasteiger partial charge in [-0.1, -0.05) is 25.3 Å². The molecule has 1 aliphatic heterocycles. The maximum atomic E-state index is 6.31. The van der Waals surface area contributed by atoms with E-state index in [2.05, 4.69) is 15.9 Å². The molecule has 1 saturated heterocycles. The third-order valence-corrected chi connectivity index (χ3v) is 5.37. The molecule has 1 spiro atoms. The number of nitrogen functional groups attached to an aromatic ring is 1. The lowest BCUT2D eigenvalue weighted by atomic mass is 9.83. The minimum atomic E-state index is 0.166. The molecule has 2 fully saturated rings. The molecule has 1 atom stereocenters. The fraction of sp³-hybridized carbons (Fsp3) is 0.625. The molecule has 1 aliphatic carbocycles. The second kappa shape index (κ2) is 5.94. The molecule has 20 heavy (non-hydrogen) atoms. The van der Waals surface area contributed by atoms with Gasteiger partial charge in [0.25, 0.3) is 0 Å². The van der Waals surface area contributed by atoms with E-state index in [0.717, 1.165) is 16.6 Å². The maximum absolute atomic E-state index is 6.31. The molecule has 1 aromatic carbocycles. The molecule has 0 amide bonds. The van der Waals surface area contributed by atoms with Gasteiger partial charge >= 0.3 is 0 Å². The van der Waals surface area contributed by atoms with Crippen molar-refractivity contribution in [2.24, 2.45) is 0 Å². The molecule has 1 heterocycles. The van der Waals surface area contributed by atoms with Crippen LogP contribution in [0, 0.1) is 0 Å². The Morgan fingerprint density at radius 3 is 2.85 bits per heavy atom. The van der Waals surface area contributed by atoms with Crippen LogP contribution in [-0.2, 0) is 4.74 Å². The summed E-state index contributed by atoms with van der Waals surface area (Å²) in [7, 11) is 0. The van der Waals surface area contributed by atoms with Gasteiger partial charge in [-0.2, -0.15) is 0 Å². The first-order valence-electron chi connectivity index (χ1n) is 7.53. The van der Waals surface area contributed by atoms with E-state index in [1.165, 1.54) is 38.5 Å². The van der Waals surface area contributed by atoms with E-state index in [-0.39, 0.29) is 11.7 Å². The highest BCUT2D eigenvalue weighted by Crippen LogP contribution is 2.42. The van der Waals surface area contributed by atoms with Crippen molar-refractivity contribution >= 4 is 21.6 Å². The highest BCUT2D eigenvalue weighted by Gasteiger charge is 2.40. The number of rotatable bonds is 3. The van der Waals surface area contributed by atoms with E-state index >= 15 is 0 Å². The van der Waals surface area contributed by atoms with Crippen molar-refractivity contribution < 1.29 is 9.47 Å². The van der Waals surface area contributed by atoms with Crippen LogP contribution in [0.3, 0.4) is 0 Å². The van der Waals surface area contributed by atoms with Gasteiger partial charge in [-0.3, -0.25) is 0 Å². The van der Waals surface area contributed by atoms with Gasteiger partial charge in [0, 0.05) is 5.69 Å². The third-order valence-electron chi connectivity index (χ3n) is 4.52. The lowest BCUT2D eigenvalue weighted by Gasteiger charge is -2.33. The first-order valence-corrected chi connectivity index (χ1v) is 8.32. The summed E-state index contributed by atoms with van der Waals surface area (Å²) in [6.45, 7) is 0.615. The molecular formula is C16H22BrNO2. The second-order valence-electron chi connectivity index (χ2n) is 5.99. The summed E-state index contributed by atoms with van der Waals surface area (Å²) in [5.74, 6) is 0.804. The SMILES string of the molecule is Nc1cccc(OCC2CCC3(CCCCC3)O2)c1Br. The zero-order valence-electron chi connectivity index (χ0n) is 11.7. The Labute approximate surface area is 129 Å². The van der Waals surface area contributed by atoms with E-state index < -0.39 is 0 Å². The Hall–Kier alpha value is -0.740. The quantitative estimate of drug-likeness (QED) is 0.835. The summed E-state index contributed by atoms with van der Waals surface area (Å²) in [5.41, 5.74) is 6.73. The number of nitrogens with two attached hydrogens (primary N) is 1. The highest BCUT2D eigenvalue weighted by atomic mass is 79.9. The number of ether oxygens (including phenoxy) is 2. The largest absolute Gasteiger partial charge is 0.490 e. The molecule has 0 aromatic heterocycles. The van der Waals surface area contributed by atoms with Crippen LogP contribution in [0.15, 0.2) is 22.7 Å². The summed E-state index contributed by atoms with van der Waals surface area (Å²) in [6.07, 6.45) is 8.97. The highest BCUT2D eigenvalue weighted by molar-refractivity contribution is 9.10. The lowest BCUT2D eigenvalue weighted by molar-refractivity contribution is -0.0749. The van der Waals surface area contributed by atoms with Crippen LogP contribution in [-0.4, -0.2) is 18.3 Å². The molecule has 3 rings (SSSR count). The summed E-state index contributed by atoms with van der Waals surface area (Å²) in [4.78, 5) is 0. The lowest BCUT2D eigenvalue weighted by Crippen LogP contribution is -2.32. The molecule has 3 nitrogen and oxygen atoms in total. The van der Waals surface area contributed by atoms with Gasteiger partial charge in [0.2, 0.25) is 0 Å². The number of halogens is 1. The van der Waals surface area contributed by atoms with Crippen molar-refractivity contribution in [1.82, 2.24) is 0 Å². The van der Waals surface area contributed by atoms with E-state index in [1.54, 1.807) is 0 Å². The molecule has 1 unspecified atom stereocenters. The fourth-order valence-corrected chi connectivity index (χ4v) is 3.78. The van der Waals surface area contributed by atoms with E-state index in [4.69, 9.17) is 15.2 Å². The Morgan fingerprint density at radius 1 is 1.25 bits per heavy atom. The van der Waals surface area contributed by atoms with Crippen LogP contribution in [0.25, 0.3) is 0 Å². The molecular weight excluding hydrogens is 318 g/mol. The monoisotopic (exact) mass is 339 g/mol. The zero-order valence-corrected chi connectivity index (χ0v) is 13.3. The van der Waals surface area contributed by atoms with Gasteiger partial charge in [-0.05, 0) is 53.7 Å². The van der Waals surface area contributed by atoms with Gasteiger partial charge in [0.15, 0.2) is 0 Å². The molecule has 0 radical (unpaired) electrons. The number of hydrogen-bond donors (Lipinski definition) is 1. The Morgan fingerprint density at radius 2 is 2.05 bits per heavy atom. The summed E-state index contributed by atoms with van der Waals surface area (Å²) in [5, 5.41) is 0. The third kappa shape index (κ3) is 2.96. The zero-order chi connectivity index (χ0) is 14.0. The fourth-order valence-electron chi connectivity index (χ4n) is 3.40. The van der Waals surface area contributed by atoms with Gasteiger partial charge in [0.1, 0.15) is 12.4 Å². The van der Waals surface area contributed by atoms with E-state index in [0.29, 0.717) is 12.3 Å². The van der Waals surface area contributed by atoms with Crippen molar-refractivity contribution in [3.63, 3.8) is 0 Å². The summed E-state index contributed by atoms with van der Waals surface area (Å²) in [6, 6.07) is 5.71. The van der Waals surface area contributed by atoms with Crippen LogP contribution in [0.4, 0.5) is 5.69 Å². The van der Waals surface area contributed by atoms with Crippen molar-refractivity contribution in [3.05, 3.63) is 22.7 Å². The molecule has 4 heteroatoms.